The van der Waals surface area contributed by atoms with Crippen molar-refractivity contribution in [1.29, 1.82) is 0 Å². The first-order valence-electron chi connectivity index (χ1n) is 16.2. The van der Waals surface area contributed by atoms with E-state index in [-0.39, 0.29) is 0 Å². The summed E-state index contributed by atoms with van der Waals surface area (Å²) in [4.78, 5) is 5.16. The number of rotatable bonds is 4. The zero-order chi connectivity index (χ0) is 31.4. The van der Waals surface area contributed by atoms with Crippen LogP contribution in [0.1, 0.15) is 93.7 Å². The minimum absolute atomic E-state index is 0.455. The molecule has 6 aromatic rings. The smallest absolute Gasteiger partial charge is 0.145 e. The van der Waals surface area contributed by atoms with Gasteiger partial charge in [-0.3, -0.25) is 4.40 Å². The van der Waals surface area contributed by atoms with E-state index in [0.29, 0.717) is 5.92 Å². The predicted octanol–water partition coefficient (Wildman–Crippen LogP) is 12.5. The lowest BCUT2D eigenvalue weighted by Gasteiger charge is -2.19. The van der Waals surface area contributed by atoms with Gasteiger partial charge in [0.1, 0.15) is 5.65 Å². The molecule has 0 spiro atoms. The number of benzene rings is 4. The Bertz CT molecular complexity index is 1840. The van der Waals surface area contributed by atoms with Crippen molar-refractivity contribution in [3.05, 3.63) is 106 Å². The van der Waals surface area contributed by atoms with Gasteiger partial charge in [-0.2, -0.15) is 0 Å². The molecule has 0 saturated heterocycles. The number of imidazole rings is 1. The van der Waals surface area contributed by atoms with Crippen molar-refractivity contribution in [2.75, 3.05) is 0 Å². The molecule has 2 nitrogen and oxygen atoms in total. The van der Waals surface area contributed by atoms with Crippen molar-refractivity contribution in [3.63, 3.8) is 0 Å². The second-order valence-corrected chi connectivity index (χ2v) is 11.9. The lowest BCUT2D eigenvalue weighted by atomic mass is 9.90. The summed E-state index contributed by atoms with van der Waals surface area (Å²) in [5.74, 6) is 0.455. The quantitative estimate of drug-likeness (QED) is 0.193. The van der Waals surface area contributed by atoms with Crippen molar-refractivity contribution in [2.24, 2.45) is 0 Å². The lowest BCUT2D eigenvalue weighted by molar-refractivity contribution is 0.740. The molecule has 0 fully saturated rings. The van der Waals surface area contributed by atoms with E-state index >= 15 is 0 Å². The van der Waals surface area contributed by atoms with E-state index in [1.54, 1.807) is 0 Å². The van der Waals surface area contributed by atoms with Crippen LogP contribution < -0.4 is 0 Å². The normalized spacial score (nSPS) is 11.7. The van der Waals surface area contributed by atoms with Gasteiger partial charge in [0.15, 0.2) is 0 Å². The fourth-order valence-electron chi connectivity index (χ4n) is 6.58. The fraction of sp³-hybridized carbons (Fsp3) is 0.341. The SMILES string of the molecule is CC.CCC.CCC(C)c1cccc2c3ccc(-c4c(C)cccc4C)cc3n3c(-c4c(C)cc(C)cc4C)cnc3c12. The molecular formula is C41H50N2. The Morgan fingerprint density at radius 1 is 0.698 bits per heavy atom. The van der Waals surface area contributed by atoms with Gasteiger partial charge in [0, 0.05) is 16.3 Å². The third-order valence-corrected chi connectivity index (χ3v) is 8.46. The summed E-state index contributed by atoms with van der Waals surface area (Å²) in [6, 6.07) is 25.0. The third-order valence-electron chi connectivity index (χ3n) is 8.46. The summed E-state index contributed by atoms with van der Waals surface area (Å²) in [6.07, 6.45) is 4.44. The van der Waals surface area contributed by atoms with Gasteiger partial charge in [0.05, 0.1) is 17.4 Å². The number of nitrogens with zero attached hydrogens (tertiary/aromatic N) is 2. The molecule has 0 aliphatic rings. The van der Waals surface area contributed by atoms with Crippen molar-refractivity contribution >= 4 is 27.3 Å². The molecule has 1 atom stereocenters. The topological polar surface area (TPSA) is 17.3 Å². The van der Waals surface area contributed by atoms with E-state index in [2.05, 4.69) is 140 Å². The Morgan fingerprint density at radius 2 is 1.30 bits per heavy atom. The van der Waals surface area contributed by atoms with Crippen LogP contribution in [0.4, 0.5) is 0 Å². The summed E-state index contributed by atoms with van der Waals surface area (Å²) in [5.41, 5.74) is 15.1. The summed E-state index contributed by atoms with van der Waals surface area (Å²) in [5, 5.41) is 3.84. The van der Waals surface area contributed by atoms with Crippen LogP contribution in [-0.4, -0.2) is 9.38 Å². The van der Waals surface area contributed by atoms with Crippen LogP contribution in [0.2, 0.25) is 0 Å². The molecule has 0 saturated carbocycles. The van der Waals surface area contributed by atoms with Crippen LogP contribution in [0, 0.1) is 34.6 Å². The van der Waals surface area contributed by atoms with Gasteiger partial charge in [-0.05, 0) is 97.4 Å². The number of fused-ring (bicyclic) bond motifs is 6. The molecule has 0 amide bonds. The fourth-order valence-corrected chi connectivity index (χ4v) is 6.58. The van der Waals surface area contributed by atoms with Gasteiger partial charge in [-0.15, -0.1) is 0 Å². The molecule has 2 aromatic heterocycles. The number of pyridine rings is 1. The highest BCUT2D eigenvalue weighted by atomic mass is 15.0. The molecule has 0 radical (unpaired) electrons. The van der Waals surface area contributed by atoms with Gasteiger partial charge in [-0.1, -0.05) is 114 Å². The molecule has 4 aromatic carbocycles. The highest BCUT2D eigenvalue weighted by molar-refractivity contribution is 6.14. The highest BCUT2D eigenvalue weighted by Crippen LogP contribution is 2.40. The van der Waals surface area contributed by atoms with Crippen LogP contribution in [0.25, 0.3) is 49.7 Å². The Balaban J connectivity index is 0.000000798. The summed E-state index contributed by atoms with van der Waals surface area (Å²) >= 11 is 0. The van der Waals surface area contributed by atoms with Crippen molar-refractivity contribution < 1.29 is 0 Å². The monoisotopic (exact) mass is 570 g/mol. The van der Waals surface area contributed by atoms with Crippen molar-refractivity contribution in [2.45, 2.75) is 94.9 Å². The molecule has 6 rings (SSSR count). The van der Waals surface area contributed by atoms with E-state index in [1.165, 1.54) is 83.9 Å². The highest BCUT2D eigenvalue weighted by Gasteiger charge is 2.21. The van der Waals surface area contributed by atoms with E-state index in [4.69, 9.17) is 4.98 Å². The Hall–Kier alpha value is -3.91. The average Bonchev–Trinajstić information content (AvgIpc) is 3.42. The molecule has 0 bridgehead atoms. The second kappa shape index (κ2) is 13.6. The zero-order valence-corrected chi connectivity index (χ0v) is 28.3. The van der Waals surface area contributed by atoms with Crippen molar-refractivity contribution in [1.82, 2.24) is 9.38 Å². The van der Waals surface area contributed by atoms with Gasteiger partial charge in [0.2, 0.25) is 0 Å². The maximum atomic E-state index is 5.16. The first-order valence-corrected chi connectivity index (χ1v) is 16.2. The maximum Gasteiger partial charge on any atom is 0.145 e. The van der Waals surface area contributed by atoms with Crippen LogP contribution in [0.3, 0.4) is 0 Å². The summed E-state index contributed by atoms with van der Waals surface area (Å²) < 4.78 is 2.44. The molecule has 224 valence electrons. The van der Waals surface area contributed by atoms with Gasteiger partial charge in [0.25, 0.3) is 0 Å². The first-order chi connectivity index (χ1) is 20.7. The molecule has 0 aliphatic heterocycles. The van der Waals surface area contributed by atoms with Gasteiger partial charge in [-0.25, -0.2) is 4.98 Å². The van der Waals surface area contributed by atoms with Crippen molar-refractivity contribution in [3.8, 4) is 22.4 Å². The Labute approximate surface area is 259 Å². The standard InChI is InChI=1S/C36H36N2.C3H8.C2H6/c1-8-22(3)28-13-10-14-30-29-16-15-27(33-23(4)11-9-12-24(33)5)19-31(29)38-32(20-37-36(38)35(28)30)34-25(6)17-21(2)18-26(34)7;1-3-2;1-2/h9-20,22H,8H2,1-7H3;3H2,1-2H3;1-2H3. The second-order valence-electron chi connectivity index (χ2n) is 11.9. The molecule has 1 unspecified atom stereocenters. The van der Waals surface area contributed by atoms with E-state index in [1.807, 2.05) is 13.8 Å². The number of hydrogen-bond donors (Lipinski definition) is 0. The zero-order valence-electron chi connectivity index (χ0n) is 28.3. The molecule has 2 heterocycles. The molecule has 43 heavy (non-hydrogen) atoms. The number of aryl methyl sites for hydroxylation is 5. The third kappa shape index (κ3) is 5.85. The van der Waals surface area contributed by atoms with Crippen LogP contribution in [0.15, 0.2) is 72.9 Å². The van der Waals surface area contributed by atoms with E-state index in [0.717, 1.165) is 12.1 Å². The van der Waals surface area contributed by atoms with Crippen LogP contribution in [0.5, 0.6) is 0 Å². The lowest BCUT2D eigenvalue weighted by Crippen LogP contribution is -2.00. The summed E-state index contributed by atoms with van der Waals surface area (Å²) in [6.45, 7) is 23.9. The average molecular weight is 571 g/mol. The Kier molecular flexibility index (Phi) is 10.1. The van der Waals surface area contributed by atoms with Gasteiger partial charge >= 0.3 is 0 Å². The minimum Gasteiger partial charge on any atom is -0.292 e. The van der Waals surface area contributed by atoms with E-state index in [9.17, 15) is 0 Å². The van der Waals surface area contributed by atoms with Crippen LogP contribution in [-0.2, 0) is 0 Å². The predicted molar refractivity (Wildman–Crippen MR) is 191 cm³/mol. The molecule has 2 heteroatoms. The number of aromatic nitrogens is 2. The molecular weight excluding hydrogens is 520 g/mol. The largest absolute Gasteiger partial charge is 0.292 e. The number of hydrogen-bond acceptors (Lipinski definition) is 1. The maximum absolute atomic E-state index is 5.16. The van der Waals surface area contributed by atoms with E-state index < -0.39 is 0 Å². The Morgan fingerprint density at radius 3 is 1.91 bits per heavy atom. The van der Waals surface area contributed by atoms with Crippen LogP contribution >= 0.6 is 0 Å². The minimum atomic E-state index is 0.455. The first kappa shape index (κ1) is 32.0. The molecule has 0 aliphatic carbocycles. The molecule has 0 N–H and O–H groups in total. The summed E-state index contributed by atoms with van der Waals surface area (Å²) in [7, 11) is 0. The van der Waals surface area contributed by atoms with Gasteiger partial charge < -0.3 is 0 Å².